The van der Waals surface area contributed by atoms with E-state index in [9.17, 15) is 9.90 Å². The second-order valence-electron chi connectivity index (χ2n) is 3.90. The molecule has 0 saturated heterocycles. The number of rotatable bonds is 5. The van der Waals surface area contributed by atoms with Crippen LogP contribution in [0.5, 0.6) is 5.75 Å². The number of carboxylic acid groups (broad SMARTS) is 1. The maximum absolute atomic E-state index is 10.3. The molecule has 1 aromatic rings. The summed E-state index contributed by atoms with van der Waals surface area (Å²) in [6.07, 6.45) is -0.0511. The Labute approximate surface area is 118 Å². The molecule has 3 nitrogen and oxygen atoms in total. The maximum atomic E-state index is 10.3. The predicted molar refractivity (Wildman–Crippen MR) is 55.5 cm³/mol. The largest absolute Gasteiger partial charge is 1.00 e. The first-order valence-electron chi connectivity index (χ1n) is 4.99. The van der Waals surface area contributed by atoms with E-state index in [1.54, 1.807) is 24.3 Å². The van der Waals surface area contributed by atoms with Crippen molar-refractivity contribution in [3.63, 3.8) is 0 Å². The van der Waals surface area contributed by atoms with Crippen LogP contribution < -0.4 is 39.4 Å². The van der Waals surface area contributed by atoms with E-state index in [-0.39, 0.29) is 36.0 Å². The van der Waals surface area contributed by atoms with Gasteiger partial charge in [-0.2, -0.15) is 0 Å². The number of carboxylic acids is 1. The molecule has 1 aromatic carbocycles. The zero-order chi connectivity index (χ0) is 11.3. The summed E-state index contributed by atoms with van der Waals surface area (Å²) in [6.45, 7) is 4.81. The molecule has 4 heteroatoms. The van der Waals surface area contributed by atoms with Gasteiger partial charge in [0.15, 0.2) is 0 Å². The van der Waals surface area contributed by atoms with E-state index in [1.807, 2.05) is 0 Å². The fourth-order valence-electron chi connectivity index (χ4n) is 1.13. The summed E-state index contributed by atoms with van der Waals surface area (Å²) in [6, 6.07) is 7.04. The van der Waals surface area contributed by atoms with Gasteiger partial charge in [0.1, 0.15) is 5.75 Å². The second kappa shape index (κ2) is 7.71. The molecule has 0 radical (unpaired) electrons. The maximum Gasteiger partial charge on any atom is 1.00 e. The summed E-state index contributed by atoms with van der Waals surface area (Å²) in [5, 5.41) is 10.3. The molecule has 0 aliphatic rings. The summed E-state index contributed by atoms with van der Waals surface area (Å²) in [5.41, 5.74) is 0.729. The third kappa shape index (κ3) is 6.16. The third-order valence-electron chi connectivity index (χ3n) is 1.86. The van der Waals surface area contributed by atoms with Gasteiger partial charge in [-0.1, -0.05) is 26.0 Å². The number of hydrogen-bond donors (Lipinski definition) is 0. The Balaban J connectivity index is 0.00000225. The number of benzene rings is 1. The van der Waals surface area contributed by atoms with E-state index < -0.39 is 5.97 Å². The Morgan fingerprint density at radius 2 is 1.88 bits per heavy atom. The van der Waals surface area contributed by atoms with Crippen LogP contribution >= 0.6 is 0 Å². The molecule has 0 amide bonds. The van der Waals surface area contributed by atoms with E-state index in [0.29, 0.717) is 12.5 Å². The molecule has 0 aliphatic carbocycles. The quantitative estimate of drug-likeness (QED) is 0.551. The van der Waals surface area contributed by atoms with Gasteiger partial charge in [-0.25, -0.2) is 0 Å². The topological polar surface area (TPSA) is 49.4 Å². The molecule has 0 bridgehead atoms. The first-order chi connectivity index (χ1) is 7.08. The third-order valence-corrected chi connectivity index (χ3v) is 1.86. The van der Waals surface area contributed by atoms with Crippen LogP contribution in [0.1, 0.15) is 19.4 Å². The van der Waals surface area contributed by atoms with Gasteiger partial charge in [0.05, 0.1) is 6.61 Å². The minimum atomic E-state index is -1.06. The zero-order valence-corrected chi connectivity index (χ0v) is 12.0. The van der Waals surface area contributed by atoms with Crippen LogP contribution in [0.25, 0.3) is 0 Å². The van der Waals surface area contributed by atoms with E-state index in [4.69, 9.17) is 4.74 Å². The normalized spacial score (nSPS) is 9.69. The van der Waals surface area contributed by atoms with Crippen molar-refractivity contribution in [3.8, 4) is 5.75 Å². The van der Waals surface area contributed by atoms with Gasteiger partial charge in [-0.3, -0.25) is 0 Å². The molecule has 0 saturated carbocycles. The van der Waals surface area contributed by atoms with Crippen molar-refractivity contribution in [1.82, 2.24) is 0 Å². The fourth-order valence-corrected chi connectivity index (χ4v) is 1.13. The van der Waals surface area contributed by atoms with Crippen LogP contribution in [0.4, 0.5) is 0 Å². The number of aliphatic carboxylic acids is 1. The SMILES string of the molecule is CC(C)COc1ccc(CC(=O)[O-])cc1.[Na+]. The fraction of sp³-hybridized carbons (Fsp3) is 0.417. The Morgan fingerprint density at radius 1 is 1.31 bits per heavy atom. The van der Waals surface area contributed by atoms with E-state index in [0.717, 1.165) is 11.3 Å². The molecule has 16 heavy (non-hydrogen) atoms. The van der Waals surface area contributed by atoms with Crippen molar-refractivity contribution in [3.05, 3.63) is 29.8 Å². The number of carbonyl (C=O) groups excluding carboxylic acids is 1. The van der Waals surface area contributed by atoms with Gasteiger partial charge in [-0.05, 0) is 23.6 Å². The molecule has 0 unspecified atom stereocenters. The zero-order valence-electron chi connectivity index (χ0n) is 10.0. The standard InChI is InChI=1S/C12H16O3.Na/c1-9(2)8-15-11-5-3-10(4-6-11)7-12(13)14;/h3-6,9H,7-8H2,1-2H3,(H,13,14);/q;+1/p-1. The molecular formula is C12H15NaO3. The first-order valence-corrected chi connectivity index (χ1v) is 4.99. The van der Waals surface area contributed by atoms with Gasteiger partial charge >= 0.3 is 29.6 Å². The average molecular weight is 230 g/mol. The van der Waals surface area contributed by atoms with Gasteiger partial charge in [0, 0.05) is 12.4 Å². The molecule has 0 atom stereocenters. The molecule has 82 valence electrons. The van der Waals surface area contributed by atoms with Crippen molar-refractivity contribution in [2.24, 2.45) is 5.92 Å². The van der Waals surface area contributed by atoms with Crippen LogP contribution in [-0.4, -0.2) is 12.6 Å². The van der Waals surface area contributed by atoms with Crippen molar-refractivity contribution >= 4 is 5.97 Å². The molecule has 0 aliphatic heterocycles. The summed E-state index contributed by atoms with van der Waals surface area (Å²) < 4.78 is 5.46. The van der Waals surface area contributed by atoms with Crippen molar-refractivity contribution in [1.29, 1.82) is 0 Å². The Bertz CT molecular complexity index is 320. The van der Waals surface area contributed by atoms with Crippen LogP contribution in [0.15, 0.2) is 24.3 Å². The summed E-state index contributed by atoms with van der Waals surface area (Å²) in [4.78, 5) is 10.3. The van der Waals surface area contributed by atoms with E-state index in [2.05, 4.69) is 13.8 Å². The van der Waals surface area contributed by atoms with Crippen LogP contribution in [0, 0.1) is 5.92 Å². The monoisotopic (exact) mass is 230 g/mol. The molecule has 0 heterocycles. The summed E-state index contributed by atoms with van der Waals surface area (Å²) in [7, 11) is 0. The van der Waals surface area contributed by atoms with E-state index in [1.165, 1.54) is 0 Å². The van der Waals surface area contributed by atoms with Gasteiger partial charge in [-0.15, -0.1) is 0 Å². The first kappa shape index (κ1) is 15.5. The van der Waals surface area contributed by atoms with Gasteiger partial charge in [0.2, 0.25) is 0 Å². The molecule has 0 N–H and O–H groups in total. The van der Waals surface area contributed by atoms with Gasteiger partial charge < -0.3 is 14.6 Å². The summed E-state index contributed by atoms with van der Waals surface area (Å²) >= 11 is 0. The number of hydrogen-bond acceptors (Lipinski definition) is 3. The second-order valence-corrected chi connectivity index (χ2v) is 3.90. The Morgan fingerprint density at radius 3 is 2.31 bits per heavy atom. The molecule has 0 spiro atoms. The Hall–Kier alpha value is -0.510. The van der Waals surface area contributed by atoms with Gasteiger partial charge in [0.25, 0.3) is 0 Å². The number of ether oxygens (including phenoxy) is 1. The molecule has 0 fully saturated rings. The smallest absolute Gasteiger partial charge is 0.550 e. The Kier molecular flexibility index (Phi) is 7.47. The minimum absolute atomic E-state index is 0. The van der Waals surface area contributed by atoms with Crippen LogP contribution in [0.2, 0.25) is 0 Å². The molecule has 0 aromatic heterocycles. The summed E-state index contributed by atoms with van der Waals surface area (Å²) in [5.74, 6) is 0.185. The van der Waals surface area contributed by atoms with Crippen molar-refractivity contribution in [2.45, 2.75) is 20.3 Å². The van der Waals surface area contributed by atoms with Crippen LogP contribution in [0.3, 0.4) is 0 Å². The number of carbonyl (C=O) groups is 1. The van der Waals surface area contributed by atoms with E-state index >= 15 is 0 Å². The minimum Gasteiger partial charge on any atom is -0.550 e. The van der Waals surface area contributed by atoms with Crippen LogP contribution in [-0.2, 0) is 11.2 Å². The van der Waals surface area contributed by atoms with Crippen molar-refractivity contribution < 1.29 is 44.2 Å². The molecular weight excluding hydrogens is 215 g/mol. The predicted octanol–water partition coefficient (Wildman–Crippen LogP) is -1.98. The van der Waals surface area contributed by atoms with Crippen molar-refractivity contribution in [2.75, 3.05) is 6.61 Å². The average Bonchev–Trinajstić information content (AvgIpc) is 2.16. The molecule has 1 rings (SSSR count).